The van der Waals surface area contributed by atoms with Crippen LogP contribution in [0.1, 0.15) is 43.0 Å². The van der Waals surface area contributed by atoms with E-state index in [4.69, 9.17) is 22.4 Å². The summed E-state index contributed by atoms with van der Waals surface area (Å²) in [4.78, 5) is 11.1. The third kappa shape index (κ3) is 3.24. The molecule has 1 unspecified atom stereocenters. The molecule has 3 N–H and O–H groups in total. The lowest BCUT2D eigenvalue weighted by Crippen LogP contribution is -2.29. The maximum absolute atomic E-state index is 11.1. The fraction of sp³-hybridized carbons (Fsp3) is 0.500. The fourth-order valence-electron chi connectivity index (χ4n) is 1.83. The largest absolute Gasteiger partial charge is 0.481 e. The predicted molar refractivity (Wildman–Crippen MR) is 73.9 cm³/mol. The molecule has 0 saturated heterocycles. The summed E-state index contributed by atoms with van der Waals surface area (Å²) in [6.07, 6.45) is 0.352. The Bertz CT molecular complexity index is 469. The van der Waals surface area contributed by atoms with E-state index in [2.05, 4.69) is 0 Å². The van der Waals surface area contributed by atoms with Crippen LogP contribution in [-0.4, -0.2) is 11.1 Å². The Morgan fingerprint density at radius 2 is 1.89 bits per heavy atom. The average Bonchev–Trinajstić information content (AvgIpc) is 2.22. The first-order valence-electron chi connectivity index (χ1n) is 5.91. The Kier molecular flexibility index (Phi) is 4.41. The zero-order valence-electron chi connectivity index (χ0n) is 11.2. The van der Waals surface area contributed by atoms with Gasteiger partial charge in [-0.3, -0.25) is 4.79 Å². The molecule has 1 aromatic carbocycles. The first kappa shape index (κ1) is 15.0. The van der Waals surface area contributed by atoms with Gasteiger partial charge in [-0.2, -0.15) is 0 Å². The molecule has 3 nitrogen and oxygen atoms in total. The van der Waals surface area contributed by atoms with Gasteiger partial charge in [0.1, 0.15) is 0 Å². The summed E-state index contributed by atoms with van der Waals surface area (Å²) in [5, 5.41) is 9.72. The minimum Gasteiger partial charge on any atom is -0.481 e. The van der Waals surface area contributed by atoms with Crippen LogP contribution in [-0.2, 0) is 4.79 Å². The SMILES string of the molecule is Cc1cc(Cl)c(C(N)CC(C)(C)C(=O)O)cc1C. The molecule has 4 heteroatoms. The van der Waals surface area contributed by atoms with Crippen LogP contribution < -0.4 is 5.73 Å². The number of aliphatic carboxylic acids is 1. The van der Waals surface area contributed by atoms with Gasteiger partial charge in [0.05, 0.1) is 5.41 Å². The van der Waals surface area contributed by atoms with Crippen LogP contribution >= 0.6 is 11.6 Å². The molecule has 0 spiro atoms. The quantitative estimate of drug-likeness (QED) is 0.880. The molecule has 0 aromatic heterocycles. The molecule has 0 aliphatic heterocycles. The standard InChI is InChI=1S/C14H20ClNO2/c1-8-5-10(11(15)6-9(8)2)12(16)7-14(3,4)13(17)18/h5-6,12H,7,16H2,1-4H3,(H,17,18). The lowest BCUT2D eigenvalue weighted by atomic mass is 9.83. The summed E-state index contributed by atoms with van der Waals surface area (Å²) in [6.45, 7) is 7.32. The monoisotopic (exact) mass is 269 g/mol. The second-order valence-electron chi connectivity index (χ2n) is 5.46. The summed E-state index contributed by atoms with van der Waals surface area (Å²) < 4.78 is 0. The Morgan fingerprint density at radius 3 is 2.39 bits per heavy atom. The van der Waals surface area contributed by atoms with E-state index in [1.165, 1.54) is 0 Å². The molecule has 100 valence electrons. The predicted octanol–water partition coefficient (Wildman–Crippen LogP) is 3.46. The molecule has 1 rings (SSSR count). The molecule has 0 radical (unpaired) electrons. The van der Waals surface area contributed by atoms with Crippen LogP contribution in [0.4, 0.5) is 0 Å². The molecular weight excluding hydrogens is 250 g/mol. The van der Waals surface area contributed by atoms with Gasteiger partial charge in [-0.05, 0) is 56.9 Å². The topological polar surface area (TPSA) is 63.3 Å². The normalized spacial score (nSPS) is 13.4. The minimum absolute atomic E-state index is 0.352. The fourth-order valence-corrected chi connectivity index (χ4v) is 2.19. The molecule has 0 amide bonds. The van der Waals surface area contributed by atoms with Crippen molar-refractivity contribution in [3.8, 4) is 0 Å². The van der Waals surface area contributed by atoms with Crippen LogP contribution in [0, 0.1) is 19.3 Å². The third-order valence-electron chi connectivity index (χ3n) is 3.32. The first-order valence-corrected chi connectivity index (χ1v) is 6.28. The van der Waals surface area contributed by atoms with E-state index < -0.39 is 11.4 Å². The molecule has 1 aromatic rings. The molecule has 0 bridgehead atoms. The average molecular weight is 270 g/mol. The second kappa shape index (κ2) is 5.29. The van der Waals surface area contributed by atoms with Crippen molar-refractivity contribution in [1.29, 1.82) is 0 Å². The van der Waals surface area contributed by atoms with Crippen LogP contribution in [0.5, 0.6) is 0 Å². The summed E-state index contributed by atoms with van der Waals surface area (Å²) in [5.41, 5.74) is 8.26. The molecule has 1 atom stereocenters. The van der Waals surface area contributed by atoms with Crippen molar-refractivity contribution >= 4 is 17.6 Å². The number of carbonyl (C=O) groups is 1. The van der Waals surface area contributed by atoms with Gasteiger partial charge in [0.15, 0.2) is 0 Å². The summed E-state index contributed by atoms with van der Waals surface area (Å²) in [7, 11) is 0. The van der Waals surface area contributed by atoms with Gasteiger partial charge in [0.2, 0.25) is 0 Å². The highest BCUT2D eigenvalue weighted by molar-refractivity contribution is 6.31. The van der Waals surface area contributed by atoms with Crippen molar-refractivity contribution < 1.29 is 9.90 Å². The molecule has 0 heterocycles. The number of nitrogens with two attached hydrogens (primary N) is 1. The van der Waals surface area contributed by atoms with E-state index in [1.807, 2.05) is 26.0 Å². The number of carboxylic acid groups (broad SMARTS) is 1. The Hall–Kier alpha value is -1.06. The smallest absolute Gasteiger partial charge is 0.309 e. The van der Waals surface area contributed by atoms with Gasteiger partial charge in [0.25, 0.3) is 0 Å². The lowest BCUT2D eigenvalue weighted by Gasteiger charge is -2.24. The molecule has 0 saturated carbocycles. The van der Waals surface area contributed by atoms with E-state index in [9.17, 15) is 4.79 Å². The summed E-state index contributed by atoms with van der Waals surface area (Å²) in [5.74, 6) is -0.849. The Morgan fingerprint density at radius 1 is 1.39 bits per heavy atom. The van der Waals surface area contributed by atoms with Crippen molar-refractivity contribution in [3.05, 3.63) is 33.8 Å². The van der Waals surface area contributed by atoms with Crippen molar-refractivity contribution in [2.45, 2.75) is 40.2 Å². The van der Waals surface area contributed by atoms with E-state index in [1.54, 1.807) is 13.8 Å². The molecule has 0 aliphatic carbocycles. The number of hydrogen-bond donors (Lipinski definition) is 2. The van der Waals surface area contributed by atoms with Crippen molar-refractivity contribution in [3.63, 3.8) is 0 Å². The molecule has 0 fully saturated rings. The highest BCUT2D eigenvalue weighted by atomic mass is 35.5. The first-order chi connectivity index (χ1) is 8.15. The number of rotatable bonds is 4. The van der Waals surface area contributed by atoms with E-state index in [0.717, 1.165) is 16.7 Å². The zero-order valence-corrected chi connectivity index (χ0v) is 12.0. The maximum Gasteiger partial charge on any atom is 0.309 e. The summed E-state index contributed by atoms with van der Waals surface area (Å²) in [6, 6.07) is 3.45. The van der Waals surface area contributed by atoms with E-state index in [0.29, 0.717) is 11.4 Å². The van der Waals surface area contributed by atoms with Gasteiger partial charge in [-0.1, -0.05) is 17.7 Å². The van der Waals surface area contributed by atoms with E-state index in [-0.39, 0.29) is 6.04 Å². The maximum atomic E-state index is 11.1. The highest BCUT2D eigenvalue weighted by Crippen LogP contribution is 2.33. The zero-order chi connectivity index (χ0) is 14.1. The number of carboxylic acids is 1. The van der Waals surface area contributed by atoms with Crippen molar-refractivity contribution in [2.75, 3.05) is 0 Å². The van der Waals surface area contributed by atoms with Crippen LogP contribution in [0.25, 0.3) is 0 Å². The van der Waals surface area contributed by atoms with Crippen molar-refractivity contribution in [1.82, 2.24) is 0 Å². The van der Waals surface area contributed by atoms with Gasteiger partial charge in [-0.15, -0.1) is 0 Å². The second-order valence-corrected chi connectivity index (χ2v) is 5.86. The van der Waals surface area contributed by atoms with Crippen LogP contribution in [0.3, 0.4) is 0 Å². The van der Waals surface area contributed by atoms with E-state index >= 15 is 0 Å². The van der Waals surface area contributed by atoms with Gasteiger partial charge >= 0.3 is 5.97 Å². The minimum atomic E-state index is -0.860. The highest BCUT2D eigenvalue weighted by Gasteiger charge is 2.30. The number of halogens is 1. The summed E-state index contributed by atoms with van der Waals surface area (Å²) >= 11 is 6.18. The van der Waals surface area contributed by atoms with Gasteiger partial charge in [-0.25, -0.2) is 0 Å². The van der Waals surface area contributed by atoms with Gasteiger partial charge in [0, 0.05) is 11.1 Å². The molecule has 0 aliphatic rings. The third-order valence-corrected chi connectivity index (χ3v) is 3.65. The lowest BCUT2D eigenvalue weighted by molar-refractivity contribution is -0.147. The Labute approximate surface area is 113 Å². The number of hydrogen-bond acceptors (Lipinski definition) is 2. The van der Waals surface area contributed by atoms with Crippen molar-refractivity contribution in [2.24, 2.45) is 11.1 Å². The van der Waals surface area contributed by atoms with Crippen LogP contribution in [0.15, 0.2) is 12.1 Å². The molecular formula is C14H20ClNO2. The Balaban J connectivity index is 3.01. The number of benzene rings is 1. The molecule has 18 heavy (non-hydrogen) atoms. The van der Waals surface area contributed by atoms with Crippen LogP contribution in [0.2, 0.25) is 5.02 Å². The van der Waals surface area contributed by atoms with Gasteiger partial charge < -0.3 is 10.8 Å². The number of aryl methyl sites for hydroxylation is 2.